The largest absolute Gasteiger partial charge is 0.353 e. The van der Waals surface area contributed by atoms with Crippen molar-refractivity contribution in [1.29, 1.82) is 0 Å². The van der Waals surface area contributed by atoms with Crippen LogP contribution in [0, 0.1) is 5.92 Å². The van der Waals surface area contributed by atoms with Gasteiger partial charge in [-0.15, -0.1) is 0 Å². The van der Waals surface area contributed by atoms with E-state index in [-0.39, 0.29) is 11.9 Å². The van der Waals surface area contributed by atoms with Crippen LogP contribution in [-0.2, 0) is 14.8 Å². The van der Waals surface area contributed by atoms with Crippen molar-refractivity contribution in [3.05, 3.63) is 0 Å². The number of nitrogens with two attached hydrogens (primary N) is 1. The van der Waals surface area contributed by atoms with E-state index < -0.39 is 15.6 Å². The van der Waals surface area contributed by atoms with Crippen LogP contribution in [0.15, 0.2) is 0 Å². The van der Waals surface area contributed by atoms with Crippen LogP contribution in [-0.4, -0.2) is 38.7 Å². The molecule has 0 aromatic heterocycles. The maximum Gasteiger partial charge on any atom is 0.240 e. The van der Waals surface area contributed by atoms with Gasteiger partial charge in [-0.1, -0.05) is 0 Å². The van der Waals surface area contributed by atoms with Crippen LogP contribution in [0.4, 0.5) is 0 Å². The van der Waals surface area contributed by atoms with E-state index in [1.54, 1.807) is 0 Å². The second kappa shape index (κ2) is 4.91. The Labute approximate surface area is 102 Å². The van der Waals surface area contributed by atoms with Crippen molar-refractivity contribution in [2.24, 2.45) is 11.7 Å². The van der Waals surface area contributed by atoms with Crippen LogP contribution in [0.3, 0.4) is 0 Å². The molecule has 0 radical (unpaired) electrons. The summed E-state index contributed by atoms with van der Waals surface area (Å²) in [5.41, 5.74) is 4.69. The fourth-order valence-corrected chi connectivity index (χ4v) is 2.65. The van der Waals surface area contributed by atoms with Gasteiger partial charge in [-0.3, -0.25) is 4.79 Å². The molecule has 0 aromatic rings. The summed E-state index contributed by atoms with van der Waals surface area (Å²) in [6.07, 6.45) is 3.25. The number of amides is 1. The van der Waals surface area contributed by atoms with Crippen LogP contribution in [0.1, 0.15) is 26.7 Å². The summed E-state index contributed by atoms with van der Waals surface area (Å²) in [5, 5.41) is 2.68. The van der Waals surface area contributed by atoms with Crippen LogP contribution in [0.5, 0.6) is 0 Å². The predicted molar refractivity (Wildman–Crippen MR) is 65.8 cm³/mol. The van der Waals surface area contributed by atoms with E-state index in [1.807, 2.05) is 0 Å². The Morgan fingerprint density at radius 3 is 2.41 bits per heavy atom. The number of nitrogens with one attached hydrogen (secondary N) is 2. The van der Waals surface area contributed by atoms with E-state index in [2.05, 4.69) is 10.0 Å². The molecule has 100 valence electrons. The Bertz CT molecular complexity index is 388. The first-order valence-corrected chi connectivity index (χ1v) is 7.54. The Kier molecular flexibility index (Phi) is 4.16. The van der Waals surface area contributed by atoms with Crippen molar-refractivity contribution in [3.8, 4) is 0 Å². The smallest absolute Gasteiger partial charge is 0.240 e. The summed E-state index contributed by atoms with van der Waals surface area (Å²) < 4.78 is 24.5. The van der Waals surface area contributed by atoms with Crippen molar-refractivity contribution in [1.82, 2.24) is 10.0 Å². The minimum Gasteiger partial charge on any atom is -0.353 e. The molecule has 1 unspecified atom stereocenters. The van der Waals surface area contributed by atoms with Crippen molar-refractivity contribution < 1.29 is 13.2 Å². The van der Waals surface area contributed by atoms with Gasteiger partial charge in [0, 0.05) is 12.6 Å². The summed E-state index contributed by atoms with van der Waals surface area (Å²) in [4.78, 5) is 11.8. The van der Waals surface area contributed by atoms with E-state index in [1.165, 1.54) is 13.8 Å². The molecule has 0 saturated heterocycles. The molecule has 1 atom stereocenters. The second-order valence-corrected chi connectivity index (χ2v) is 6.96. The first kappa shape index (κ1) is 14.4. The Morgan fingerprint density at radius 1 is 1.47 bits per heavy atom. The normalized spacial score (nSPS) is 18.8. The lowest BCUT2D eigenvalue weighted by atomic mass is 10.1. The maximum absolute atomic E-state index is 11.8. The van der Waals surface area contributed by atoms with Gasteiger partial charge in [0.2, 0.25) is 15.9 Å². The summed E-state index contributed by atoms with van der Waals surface area (Å²) in [6, 6.07) is -0.0343. The Morgan fingerprint density at radius 2 is 2.00 bits per heavy atom. The third-order valence-corrected chi connectivity index (χ3v) is 3.62. The highest BCUT2D eigenvalue weighted by Crippen LogP contribution is 2.31. The molecule has 0 aromatic carbocycles. The van der Waals surface area contributed by atoms with Crippen LogP contribution in [0.25, 0.3) is 0 Å². The molecule has 1 amide bonds. The van der Waals surface area contributed by atoms with Crippen LogP contribution >= 0.6 is 0 Å². The third kappa shape index (κ3) is 5.01. The zero-order chi connectivity index (χ0) is 13.3. The molecule has 0 heterocycles. The molecule has 7 heteroatoms. The molecule has 1 saturated carbocycles. The van der Waals surface area contributed by atoms with Crippen molar-refractivity contribution in [2.75, 3.05) is 12.8 Å². The maximum atomic E-state index is 11.8. The number of carbonyl (C=O) groups excluding carboxylic acids is 1. The molecule has 1 rings (SSSR count). The molecular formula is C10H21N3O3S. The molecule has 4 N–H and O–H groups in total. The number of rotatable bonds is 6. The van der Waals surface area contributed by atoms with Gasteiger partial charge in [0.25, 0.3) is 0 Å². The van der Waals surface area contributed by atoms with Crippen molar-refractivity contribution in [3.63, 3.8) is 0 Å². The average Bonchev–Trinajstić information content (AvgIpc) is 2.92. The monoisotopic (exact) mass is 263 g/mol. The molecule has 6 nitrogen and oxygen atoms in total. The number of hydrogen-bond donors (Lipinski definition) is 3. The highest BCUT2D eigenvalue weighted by Gasteiger charge is 2.33. The average molecular weight is 263 g/mol. The fraction of sp³-hybridized carbons (Fsp3) is 0.900. The van der Waals surface area contributed by atoms with Gasteiger partial charge >= 0.3 is 0 Å². The minimum atomic E-state index is -3.41. The quantitative estimate of drug-likeness (QED) is 0.582. The zero-order valence-corrected chi connectivity index (χ0v) is 11.3. The van der Waals surface area contributed by atoms with Crippen LogP contribution < -0.4 is 15.8 Å². The molecular weight excluding hydrogens is 242 g/mol. The van der Waals surface area contributed by atoms with E-state index in [0.717, 1.165) is 19.1 Å². The molecule has 17 heavy (non-hydrogen) atoms. The number of carbonyl (C=O) groups is 1. The standard InChI is InChI=1S/C10H21N3O3S/c1-10(2,13-17(3,15)16)9(14)12-6-8(11)7-4-5-7/h7-8,13H,4-6,11H2,1-3H3,(H,12,14). The summed E-state index contributed by atoms with van der Waals surface area (Å²) in [5.74, 6) is 0.139. The van der Waals surface area contributed by atoms with Gasteiger partial charge in [0.1, 0.15) is 5.54 Å². The minimum absolute atomic E-state index is 0.0343. The lowest BCUT2D eigenvalue weighted by molar-refractivity contribution is -0.125. The van der Waals surface area contributed by atoms with Crippen molar-refractivity contribution in [2.45, 2.75) is 38.3 Å². The lowest BCUT2D eigenvalue weighted by Crippen LogP contribution is -2.56. The SMILES string of the molecule is CC(C)(NS(C)(=O)=O)C(=O)NCC(N)C1CC1. The highest BCUT2D eigenvalue weighted by molar-refractivity contribution is 7.88. The van der Waals surface area contributed by atoms with Gasteiger partial charge in [0.15, 0.2) is 0 Å². The van der Waals surface area contributed by atoms with E-state index in [4.69, 9.17) is 5.73 Å². The molecule has 0 spiro atoms. The molecule has 1 fully saturated rings. The first-order valence-electron chi connectivity index (χ1n) is 5.64. The Hall–Kier alpha value is -0.660. The number of hydrogen-bond acceptors (Lipinski definition) is 4. The van der Waals surface area contributed by atoms with Gasteiger partial charge in [-0.2, -0.15) is 0 Å². The highest BCUT2D eigenvalue weighted by atomic mass is 32.2. The van der Waals surface area contributed by atoms with Crippen LogP contribution in [0.2, 0.25) is 0 Å². The van der Waals surface area contributed by atoms with Gasteiger partial charge in [-0.25, -0.2) is 13.1 Å². The van der Waals surface area contributed by atoms with E-state index in [9.17, 15) is 13.2 Å². The summed E-state index contributed by atoms with van der Waals surface area (Å²) in [6.45, 7) is 3.43. The lowest BCUT2D eigenvalue weighted by Gasteiger charge is -2.24. The third-order valence-electron chi connectivity index (χ3n) is 2.73. The van der Waals surface area contributed by atoms with E-state index >= 15 is 0 Å². The summed E-state index contributed by atoms with van der Waals surface area (Å²) in [7, 11) is -3.41. The fourth-order valence-electron chi connectivity index (χ4n) is 1.63. The number of sulfonamides is 1. The molecule has 0 aliphatic heterocycles. The zero-order valence-electron chi connectivity index (χ0n) is 10.5. The van der Waals surface area contributed by atoms with E-state index in [0.29, 0.717) is 12.5 Å². The molecule has 1 aliphatic carbocycles. The van der Waals surface area contributed by atoms with Crippen molar-refractivity contribution >= 4 is 15.9 Å². The molecule has 0 bridgehead atoms. The summed E-state index contributed by atoms with van der Waals surface area (Å²) >= 11 is 0. The predicted octanol–water partition coefficient (Wildman–Crippen LogP) is -0.832. The van der Waals surface area contributed by atoms with Gasteiger partial charge < -0.3 is 11.1 Å². The van der Waals surface area contributed by atoms with Gasteiger partial charge in [-0.05, 0) is 32.6 Å². The topological polar surface area (TPSA) is 101 Å². The first-order chi connectivity index (χ1) is 7.62. The Balaban J connectivity index is 2.44. The van der Waals surface area contributed by atoms with Gasteiger partial charge in [0.05, 0.1) is 6.26 Å². The molecule has 1 aliphatic rings. The second-order valence-electron chi connectivity index (χ2n) is 5.21.